The molecule has 4 nitrogen and oxygen atoms in total. The van der Waals surface area contributed by atoms with Crippen LogP contribution in [-0.4, -0.2) is 24.7 Å². The van der Waals surface area contributed by atoms with Gasteiger partial charge in [-0.15, -0.1) is 0 Å². The zero-order valence-corrected chi connectivity index (χ0v) is 13.8. The highest BCUT2D eigenvalue weighted by molar-refractivity contribution is 5.97. The van der Waals surface area contributed by atoms with Gasteiger partial charge in [0.15, 0.2) is 0 Å². The molecule has 0 aliphatic rings. The predicted octanol–water partition coefficient (Wildman–Crippen LogP) is 3.93. The summed E-state index contributed by atoms with van der Waals surface area (Å²) in [4.78, 5) is 12.5. The average Bonchev–Trinajstić information content (AvgIpc) is 2.42. The van der Waals surface area contributed by atoms with Crippen molar-refractivity contribution >= 4 is 11.6 Å². The molecule has 1 N–H and O–H groups in total. The average molecular weight is 293 g/mol. The second-order valence-electron chi connectivity index (χ2n) is 5.28. The van der Waals surface area contributed by atoms with E-state index in [1.165, 1.54) is 0 Å². The maximum Gasteiger partial charge on any atom is 0.256 e. The molecule has 0 aliphatic heterocycles. The van der Waals surface area contributed by atoms with Crippen molar-refractivity contribution in [2.45, 2.75) is 53.1 Å². The fourth-order valence-corrected chi connectivity index (χ4v) is 2.35. The highest BCUT2D eigenvalue weighted by Gasteiger charge is 2.32. The molecule has 1 amide bonds. The maximum absolute atomic E-state index is 12.5. The van der Waals surface area contributed by atoms with Crippen molar-refractivity contribution in [3.63, 3.8) is 0 Å². The van der Waals surface area contributed by atoms with Gasteiger partial charge in [0.25, 0.3) is 5.91 Å². The van der Waals surface area contributed by atoms with Gasteiger partial charge in [0, 0.05) is 12.3 Å². The van der Waals surface area contributed by atoms with Crippen LogP contribution in [0.1, 0.15) is 46.1 Å². The standard InChI is InChI=1S/C17H27NO3/c1-6-11-17(5,21-8-3)16(19)18-14-9-10-15(20-7-2)13(4)12-14/h9-10,12H,6-8,11H2,1-5H3,(H,18,19)/t17-/m1/s1. The lowest BCUT2D eigenvalue weighted by Gasteiger charge is -2.28. The Labute approximate surface area is 127 Å². The Morgan fingerprint density at radius 3 is 2.48 bits per heavy atom. The molecule has 21 heavy (non-hydrogen) atoms. The first-order valence-electron chi connectivity index (χ1n) is 7.65. The van der Waals surface area contributed by atoms with E-state index in [4.69, 9.17) is 9.47 Å². The highest BCUT2D eigenvalue weighted by Crippen LogP contribution is 2.24. The van der Waals surface area contributed by atoms with Gasteiger partial charge < -0.3 is 14.8 Å². The number of rotatable bonds is 8. The van der Waals surface area contributed by atoms with Gasteiger partial charge in [-0.3, -0.25) is 4.79 Å². The molecular formula is C17H27NO3. The molecule has 0 aromatic heterocycles. The van der Waals surface area contributed by atoms with Gasteiger partial charge in [-0.25, -0.2) is 0 Å². The number of anilines is 1. The third-order valence-electron chi connectivity index (χ3n) is 3.40. The van der Waals surface area contributed by atoms with Gasteiger partial charge in [0.1, 0.15) is 11.4 Å². The minimum atomic E-state index is -0.782. The first kappa shape index (κ1) is 17.5. The van der Waals surface area contributed by atoms with Crippen LogP contribution in [0, 0.1) is 6.92 Å². The number of nitrogens with one attached hydrogen (secondary N) is 1. The van der Waals surface area contributed by atoms with E-state index in [2.05, 4.69) is 5.32 Å². The molecule has 1 rings (SSSR count). The molecule has 1 aromatic carbocycles. The molecule has 0 spiro atoms. The van der Waals surface area contributed by atoms with E-state index in [1.807, 2.05) is 52.8 Å². The first-order valence-corrected chi connectivity index (χ1v) is 7.65. The van der Waals surface area contributed by atoms with Crippen molar-refractivity contribution in [3.05, 3.63) is 23.8 Å². The van der Waals surface area contributed by atoms with Gasteiger partial charge in [-0.2, -0.15) is 0 Å². The minimum absolute atomic E-state index is 0.102. The van der Waals surface area contributed by atoms with Gasteiger partial charge >= 0.3 is 0 Å². The van der Waals surface area contributed by atoms with Crippen molar-refractivity contribution in [3.8, 4) is 5.75 Å². The molecule has 4 heteroatoms. The van der Waals surface area contributed by atoms with E-state index in [9.17, 15) is 4.79 Å². The van der Waals surface area contributed by atoms with Crippen LogP contribution in [0.5, 0.6) is 5.75 Å². The summed E-state index contributed by atoms with van der Waals surface area (Å²) in [6, 6.07) is 5.65. The van der Waals surface area contributed by atoms with Crippen LogP contribution in [0.25, 0.3) is 0 Å². The molecule has 0 saturated carbocycles. The largest absolute Gasteiger partial charge is 0.494 e. The Bertz CT molecular complexity index is 465. The second-order valence-corrected chi connectivity index (χ2v) is 5.28. The third-order valence-corrected chi connectivity index (χ3v) is 3.40. The van der Waals surface area contributed by atoms with E-state index in [0.717, 1.165) is 23.4 Å². The smallest absolute Gasteiger partial charge is 0.256 e. The number of carbonyl (C=O) groups excluding carboxylic acids is 1. The van der Waals surface area contributed by atoms with Crippen LogP contribution in [0.15, 0.2) is 18.2 Å². The molecule has 1 atom stereocenters. The topological polar surface area (TPSA) is 47.6 Å². The number of hydrogen-bond donors (Lipinski definition) is 1. The minimum Gasteiger partial charge on any atom is -0.494 e. The Morgan fingerprint density at radius 1 is 1.24 bits per heavy atom. The van der Waals surface area contributed by atoms with Gasteiger partial charge in [-0.05, 0) is 57.9 Å². The highest BCUT2D eigenvalue weighted by atomic mass is 16.5. The van der Waals surface area contributed by atoms with E-state index >= 15 is 0 Å². The molecule has 0 saturated heterocycles. The monoisotopic (exact) mass is 293 g/mol. The quantitative estimate of drug-likeness (QED) is 0.790. The first-order chi connectivity index (χ1) is 9.96. The third kappa shape index (κ3) is 4.74. The van der Waals surface area contributed by atoms with Gasteiger partial charge in [0.05, 0.1) is 6.61 Å². The molecule has 0 unspecified atom stereocenters. The number of benzene rings is 1. The molecule has 0 fully saturated rings. The van der Waals surface area contributed by atoms with Crippen LogP contribution < -0.4 is 10.1 Å². The maximum atomic E-state index is 12.5. The molecule has 0 bridgehead atoms. The van der Waals surface area contributed by atoms with Crippen LogP contribution in [0.3, 0.4) is 0 Å². The van der Waals surface area contributed by atoms with Crippen LogP contribution in [0.4, 0.5) is 5.69 Å². The molecule has 1 aromatic rings. The summed E-state index contributed by atoms with van der Waals surface area (Å²) in [7, 11) is 0. The van der Waals surface area contributed by atoms with Crippen LogP contribution >= 0.6 is 0 Å². The number of carbonyl (C=O) groups is 1. The SMILES string of the molecule is CCC[C@@](C)(OCC)C(=O)Nc1ccc(OCC)c(C)c1. The summed E-state index contributed by atoms with van der Waals surface area (Å²) in [6.45, 7) is 10.9. The van der Waals surface area contributed by atoms with Crippen LogP contribution in [-0.2, 0) is 9.53 Å². The molecule has 0 radical (unpaired) electrons. The van der Waals surface area contributed by atoms with Crippen molar-refractivity contribution in [2.24, 2.45) is 0 Å². The lowest BCUT2D eigenvalue weighted by Crippen LogP contribution is -2.42. The zero-order valence-electron chi connectivity index (χ0n) is 13.8. The molecule has 0 aliphatic carbocycles. The number of amides is 1. The van der Waals surface area contributed by atoms with E-state index in [-0.39, 0.29) is 5.91 Å². The summed E-state index contributed by atoms with van der Waals surface area (Å²) in [5.41, 5.74) is 0.988. The number of aryl methyl sites for hydroxylation is 1. The summed E-state index contributed by atoms with van der Waals surface area (Å²) in [5, 5.41) is 2.94. The van der Waals surface area contributed by atoms with Gasteiger partial charge in [0.2, 0.25) is 0 Å². The molecular weight excluding hydrogens is 266 g/mol. The van der Waals surface area contributed by atoms with Crippen molar-refractivity contribution in [1.82, 2.24) is 0 Å². The molecule has 0 heterocycles. The van der Waals surface area contributed by atoms with Crippen LogP contribution in [0.2, 0.25) is 0 Å². The zero-order chi connectivity index (χ0) is 15.9. The summed E-state index contributed by atoms with van der Waals surface area (Å²) in [6.07, 6.45) is 1.59. The fraction of sp³-hybridized carbons (Fsp3) is 0.588. The Morgan fingerprint density at radius 2 is 1.95 bits per heavy atom. The van der Waals surface area contributed by atoms with Crippen molar-refractivity contribution in [2.75, 3.05) is 18.5 Å². The van der Waals surface area contributed by atoms with Crippen molar-refractivity contribution < 1.29 is 14.3 Å². The van der Waals surface area contributed by atoms with Crippen molar-refractivity contribution in [1.29, 1.82) is 0 Å². The summed E-state index contributed by atoms with van der Waals surface area (Å²) < 4.78 is 11.2. The fourth-order valence-electron chi connectivity index (χ4n) is 2.35. The Balaban J connectivity index is 2.84. The van der Waals surface area contributed by atoms with E-state index in [1.54, 1.807) is 0 Å². The number of hydrogen-bond acceptors (Lipinski definition) is 3. The lowest BCUT2D eigenvalue weighted by molar-refractivity contribution is -0.139. The van der Waals surface area contributed by atoms with Gasteiger partial charge in [-0.1, -0.05) is 13.3 Å². The summed E-state index contributed by atoms with van der Waals surface area (Å²) in [5.74, 6) is 0.742. The van der Waals surface area contributed by atoms with E-state index in [0.29, 0.717) is 19.6 Å². The number of ether oxygens (including phenoxy) is 2. The lowest BCUT2D eigenvalue weighted by atomic mass is 9.99. The normalized spacial score (nSPS) is 13.6. The Hall–Kier alpha value is -1.55. The van der Waals surface area contributed by atoms with E-state index < -0.39 is 5.60 Å². The predicted molar refractivity (Wildman–Crippen MR) is 85.9 cm³/mol. The Kier molecular flexibility index (Phi) is 6.69. The summed E-state index contributed by atoms with van der Waals surface area (Å²) >= 11 is 0. The second kappa shape index (κ2) is 8.03. The molecule has 118 valence electrons.